The number of hydrogen-bond donors (Lipinski definition) is 3. The molecule has 3 N–H and O–H groups in total. The van der Waals surface area contributed by atoms with Crippen molar-refractivity contribution in [1.82, 2.24) is 14.9 Å². The molecule has 3 aliphatic carbocycles. The molecular formula is C29H37N3O4. The average Bonchev–Trinajstić information content (AvgIpc) is 3.39. The smallest absolute Gasteiger partial charge is 0.116 e. The fourth-order valence-electron chi connectivity index (χ4n) is 9.21. The van der Waals surface area contributed by atoms with E-state index in [1.54, 1.807) is 6.33 Å². The lowest BCUT2D eigenvalue weighted by molar-refractivity contribution is -0.331. The summed E-state index contributed by atoms with van der Waals surface area (Å²) in [5.41, 5.74) is 1.25. The van der Waals surface area contributed by atoms with Crippen molar-refractivity contribution in [1.29, 1.82) is 0 Å². The summed E-state index contributed by atoms with van der Waals surface area (Å²) >= 11 is 0. The van der Waals surface area contributed by atoms with Gasteiger partial charge in [-0.05, 0) is 87.7 Å². The van der Waals surface area contributed by atoms with Gasteiger partial charge in [0, 0.05) is 29.5 Å². The molecule has 2 saturated carbocycles. The van der Waals surface area contributed by atoms with Crippen LogP contribution in [0.25, 0.3) is 16.5 Å². The van der Waals surface area contributed by atoms with Crippen LogP contribution in [-0.2, 0) is 4.74 Å². The molecule has 9 atom stereocenters. The Balaban J connectivity index is 1.27. The highest BCUT2D eigenvalue weighted by Crippen LogP contribution is 2.71. The second-order valence-corrected chi connectivity index (χ2v) is 12.7. The highest BCUT2D eigenvalue weighted by atomic mass is 16.6. The zero-order valence-electron chi connectivity index (χ0n) is 21.4. The SMILES string of the molecule is CN(C)C1CC23CCC4(O2)C2CC=C(c5ccc6ncncc6c5)C2(C)CCC4(O)CC3C(O)C1O. The summed E-state index contributed by atoms with van der Waals surface area (Å²) in [5, 5.41) is 35.5. The predicted molar refractivity (Wildman–Crippen MR) is 136 cm³/mol. The molecule has 3 heterocycles. The van der Waals surface area contributed by atoms with Crippen molar-refractivity contribution in [2.24, 2.45) is 17.3 Å². The zero-order valence-corrected chi connectivity index (χ0v) is 21.4. The summed E-state index contributed by atoms with van der Waals surface area (Å²) in [6.07, 6.45) is 9.30. The second kappa shape index (κ2) is 7.35. The Morgan fingerprint density at radius 1 is 1.06 bits per heavy atom. The van der Waals surface area contributed by atoms with E-state index in [2.05, 4.69) is 41.2 Å². The van der Waals surface area contributed by atoms with Crippen LogP contribution in [0.2, 0.25) is 0 Å². The first-order valence-corrected chi connectivity index (χ1v) is 13.5. The van der Waals surface area contributed by atoms with Crippen molar-refractivity contribution in [3.8, 4) is 0 Å². The highest BCUT2D eigenvalue weighted by Gasteiger charge is 2.76. The number of aliphatic hydroxyl groups excluding tert-OH is 2. The van der Waals surface area contributed by atoms with Crippen LogP contribution < -0.4 is 0 Å². The first kappa shape index (κ1) is 23.2. The average molecular weight is 492 g/mol. The molecule has 4 fully saturated rings. The number of nitrogens with zero attached hydrogens (tertiary/aromatic N) is 3. The molecule has 7 heteroatoms. The largest absolute Gasteiger partial charge is 0.390 e. The first-order valence-electron chi connectivity index (χ1n) is 13.5. The number of hydrogen-bond acceptors (Lipinski definition) is 7. The van der Waals surface area contributed by atoms with Crippen molar-refractivity contribution < 1.29 is 20.1 Å². The standard InChI is InChI=1S/C29H37N3O4/c1-26-8-10-28(35)13-20-24(33)25(34)22(32(2)3)14-27(20)9-11-29(28,36-27)23(26)7-5-19(26)17-4-6-21-18(12-17)15-30-16-31-21/h4-6,12,15-16,20,22-25,33-35H,7-11,13-14H2,1-3H3. The van der Waals surface area contributed by atoms with Gasteiger partial charge in [0.1, 0.15) is 11.9 Å². The number of rotatable bonds is 2. The maximum absolute atomic E-state index is 12.3. The minimum absolute atomic E-state index is 0.109. The lowest BCUT2D eigenvalue weighted by Gasteiger charge is -2.65. The minimum atomic E-state index is -0.992. The van der Waals surface area contributed by atoms with Gasteiger partial charge in [-0.15, -0.1) is 0 Å². The van der Waals surface area contributed by atoms with Crippen LogP contribution in [-0.4, -0.2) is 79.3 Å². The molecular weight excluding hydrogens is 454 g/mol. The molecule has 0 amide bonds. The van der Waals surface area contributed by atoms with Gasteiger partial charge in [0.15, 0.2) is 0 Å². The Morgan fingerprint density at radius 2 is 1.89 bits per heavy atom. The third-order valence-electron chi connectivity index (χ3n) is 11.1. The molecule has 1 aromatic carbocycles. The van der Waals surface area contributed by atoms with Crippen LogP contribution in [0, 0.1) is 17.3 Å². The predicted octanol–water partition coefficient (Wildman–Crippen LogP) is 2.93. The molecule has 2 spiro atoms. The van der Waals surface area contributed by atoms with Crippen molar-refractivity contribution in [2.45, 2.75) is 86.9 Å². The van der Waals surface area contributed by atoms with E-state index in [9.17, 15) is 15.3 Å². The lowest BCUT2D eigenvalue weighted by Crippen LogP contribution is -2.73. The summed E-state index contributed by atoms with van der Waals surface area (Å²) in [4.78, 5) is 10.6. The summed E-state index contributed by atoms with van der Waals surface area (Å²) in [5.74, 6) is -0.0772. The topological polar surface area (TPSA) is 98.9 Å². The van der Waals surface area contributed by atoms with Gasteiger partial charge in [-0.25, -0.2) is 9.97 Å². The fourth-order valence-corrected chi connectivity index (χ4v) is 9.21. The Bertz CT molecular complexity index is 1270. The number of fused-ring (bicyclic) bond motifs is 2. The molecule has 2 aromatic rings. The van der Waals surface area contributed by atoms with E-state index in [4.69, 9.17) is 4.74 Å². The van der Waals surface area contributed by atoms with Gasteiger partial charge in [0.2, 0.25) is 0 Å². The van der Waals surface area contributed by atoms with Gasteiger partial charge in [0.05, 0.1) is 28.9 Å². The number of benzene rings is 1. The Labute approximate surface area is 212 Å². The maximum Gasteiger partial charge on any atom is 0.116 e. The number of allylic oxidation sites excluding steroid dienone is 2. The van der Waals surface area contributed by atoms with Gasteiger partial charge < -0.3 is 25.0 Å². The Kier molecular flexibility index (Phi) is 4.75. The third-order valence-corrected chi connectivity index (χ3v) is 11.1. The highest BCUT2D eigenvalue weighted by molar-refractivity contribution is 5.84. The van der Waals surface area contributed by atoms with Crippen LogP contribution in [0.4, 0.5) is 0 Å². The molecule has 5 aliphatic rings. The van der Waals surface area contributed by atoms with Crippen LogP contribution >= 0.6 is 0 Å². The number of likely N-dealkylation sites (N-methyl/N-ethyl adjacent to an activating group) is 1. The number of aliphatic hydroxyl groups is 3. The zero-order chi connectivity index (χ0) is 25.1. The minimum Gasteiger partial charge on any atom is -0.390 e. The number of aromatic nitrogens is 2. The maximum atomic E-state index is 12.3. The van der Waals surface area contributed by atoms with E-state index in [1.165, 1.54) is 11.1 Å². The second-order valence-electron chi connectivity index (χ2n) is 12.7. The van der Waals surface area contributed by atoms with E-state index in [1.807, 2.05) is 25.2 Å². The van der Waals surface area contributed by atoms with E-state index >= 15 is 0 Å². The molecule has 1 aromatic heterocycles. The van der Waals surface area contributed by atoms with Crippen LogP contribution in [0.5, 0.6) is 0 Å². The van der Waals surface area contributed by atoms with Crippen LogP contribution in [0.1, 0.15) is 57.4 Å². The summed E-state index contributed by atoms with van der Waals surface area (Å²) in [7, 11) is 3.92. The van der Waals surface area contributed by atoms with Crippen LogP contribution in [0.3, 0.4) is 0 Å². The molecule has 9 unspecified atom stereocenters. The van der Waals surface area contributed by atoms with Gasteiger partial charge in [-0.1, -0.05) is 19.1 Å². The Hall–Kier alpha value is -1.90. The normalized spacial score (nSPS) is 47.4. The molecule has 192 valence electrons. The summed E-state index contributed by atoms with van der Waals surface area (Å²) in [6, 6.07) is 6.28. The first-order chi connectivity index (χ1) is 17.1. The summed E-state index contributed by atoms with van der Waals surface area (Å²) < 4.78 is 7.22. The van der Waals surface area contributed by atoms with Gasteiger partial charge in [-0.3, -0.25) is 0 Å². The quantitative estimate of drug-likeness (QED) is 0.594. The third kappa shape index (κ3) is 2.76. The number of ether oxygens (including phenoxy) is 1. The van der Waals surface area contributed by atoms with Gasteiger partial charge in [0.25, 0.3) is 0 Å². The Morgan fingerprint density at radius 3 is 2.69 bits per heavy atom. The molecule has 2 aliphatic heterocycles. The van der Waals surface area contributed by atoms with E-state index in [0.717, 1.165) is 36.6 Å². The van der Waals surface area contributed by atoms with Crippen molar-refractivity contribution in [2.75, 3.05) is 14.1 Å². The van der Waals surface area contributed by atoms with Crippen molar-refractivity contribution in [3.63, 3.8) is 0 Å². The van der Waals surface area contributed by atoms with E-state index in [0.29, 0.717) is 19.3 Å². The molecule has 0 radical (unpaired) electrons. The van der Waals surface area contributed by atoms with E-state index in [-0.39, 0.29) is 23.3 Å². The van der Waals surface area contributed by atoms with E-state index < -0.39 is 29.0 Å². The molecule has 7 rings (SSSR count). The molecule has 36 heavy (non-hydrogen) atoms. The van der Waals surface area contributed by atoms with Crippen LogP contribution in [0.15, 0.2) is 36.8 Å². The monoisotopic (exact) mass is 491 g/mol. The lowest BCUT2D eigenvalue weighted by atomic mass is 9.51. The molecule has 2 saturated heterocycles. The van der Waals surface area contributed by atoms with Crippen molar-refractivity contribution in [3.05, 3.63) is 42.4 Å². The van der Waals surface area contributed by atoms with Gasteiger partial charge in [-0.2, -0.15) is 0 Å². The molecule has 7 nitrogen and oxygen atoms in total. The fraction of sp³-hybridized carbons (Fsp3) is 0.655. The van der Waals surface area contributed by atoms with Crippen molar-refractivity contribution >= 4 is 16.5 Å². The molecule has 2 bridgehead atoms. The summed E-state index contributed by atoms with van der Waals surface area (Å²) in [6.45, 7) is 2.36. The van der Waals surface area contributed by atoms with Gasteiger partial charge >= 0.3 is 0 Å².